The van der Waals surface area contributed by atoms with E-state index >= 15 is 0 Å². The molecule has 0 bridgehead atoms. The lowest BCUT2D eigenvalue weighted by Gasteiger charge is -1.94. The molecule has 0 aliphatic carbocycles. The molecule has 1 heterocycles. The summed E-state index contributed by atoms with van der Waals surface area (Å²) in [6.45, 7) is 2.06. The topological polar surface area (TPSA) is 12.9 Å². The van der Waals surface area contributed by atoms with E-state index in [1.165, 1.54) is 5.56 Å². The summed E-state index contributed by atoms with van der Waals surface area (Å²) in [7, 11) is 0. The average molecular weight is 193 g/mol. The number of benzene rings is 1. The lowest BCUT2D eigenvalue weighted by atomic mass is 10.1. The molecule has 0 saturated carbocycles. The van der Waals surface area contributed by atoms with Crippen molar-refractivity contribution in [2.75, 3.05) is 0 Å². The standard InChI is InChI=1S/C14H11N/c1-12-6-2-3-7-13(12)9-10-14-8-4-5-11-15-14/h2-8,11H,1H3. The first kappa shape index (κ1) is 9.48. The van der Waals surface area contributed by atoms with E-state index in [4.69, 9.17) is 0 Å². The molecule has 1 nitrogen and oxygen atoms in total. The SMILES string of the molecule is Cc1ccccc1C#Cc1ccccn1. The van der Waals surface area contributed by atoms with E-state index in [1.54, 1.807) is 6.20 Å². The largest absolute Gasteiger partial charge is 0.248 e. The predicted molar refractivity (Wildman–Crippen MR) is 61.4 cm³/mol. The molecule has 1 heteroatoms. The Morgan fingerprint density at radius 1 is 0.933 bits per heavy atom. The zero-order valence-corrected chi connectivity index (χ0v) is 8.57. The minimum absolute atomic E-state index is 0.806. The molecular formula is C14H11N. The van der Waals surface area contributed by atoms with Gasteiger partial charge in [-0.2, -0.15) is 0 Å². The number of aromatic nitrogens is 1. The van der Waals surface area contributed by atoms with Crippen molar-refractivity contribution in [1.82, 2.24) is 4.98 Å². The van der Waals surface area contributed by atoms with E-state index in [1.807, 2.05) is 36.4 Å². The summed E-state index contributed by atoms with van der Waals surface area (Å²) in [6.07, 6.45) is 1.75. The predicted octanol–water partition coefficient (Wildman–Crippen LogP) is 2.79. The molecule has 15 heavy (non-hydrogen) atoms. The summed E-state index contributed by atoms with van der Waals surface area (Å²) in [5, 5.41) is 0. The van der Waals surface area contributed by atoms with Gasteiger partial charge in [0.15, 0.2) is 0 Å². The molecule has 1 aromatic heterocycles. The van der Waals surface area contributed by atoms with Crippen molar-refractivity contribution in [3.8, 4) is 11.8 Å². The van der Waals surface area contributed by atoms with Crippen LogP contribution in [0.1, 0.15) is 16.8 Å². The van der Waals surface area contributed by atoms with Crippen molar-refractivity contribution < 1.29 is 0 Å². The zero-order valence-electron chi connectivity index (χ0n) is 8.57. The van der Waals surface area contributed by atoms with Gasteiger partial charge >= 0.3 is 0 Å². The Morgan fingerprint density at radius 2 is 1.73 bits per heavy atom. The number of rotatable bonds is 0. The Labute approximate surface area is 89.8 Å². The first-order valence-electron chi connectivity index (χ1n) is 4.85. The molecule has 0 amide bonds. The van der Waals surface area contributed by atoms with Gasteiger partial charge in [-0.1, -0.05) is 30.2 Å². The Hall–Kier alpha value is -2.07. The van der Waals surface area contributed by atoms with Gasteiger partial charge in [0.1, 0.15) is 5.69 Å². The monoisotopic (exact) mass is 193 g/mol. The molecular weight excluding hydrogens is 182 g/mol. The van der Waals surface area contributed by atoms with Crippen LogP contribution in [0.4, 0.5) is 0 Å². The van der Waals surface area contributed by atoms with E-state index in [9.17, 15) is 0 Å². The Bertz CT molecular complexity index is 504. The normalized spacial score (nSPS) is 9.13. The van der Waals surface area contributed by atoms with E-state index in [2.05, 4.69) is 29.8 Å². The summed E-state index contributed by atoms with van der Waals surface area (Å²) in [6, 6.07) is 13.8. The van der Waals surface area contributed by atoms with Crippen LogP contribution >= 0.6 is 0 Å². The highest BCUT2D eigenvalue weighted by Gasteiger charge is 1.90. The van der Waals surface area contributed by atoms with Crippen LogP contribution in [0.5, 0.6) is 0 Å². The molecule has 0 aliphatic rings. The highest BCUT2D eigenvalue weighted by molar-refractivity contribution is 5.44. The lowest BCUT2D eigenvalue weighted by molar-refractivity contribution is 1.29. The van der Waals surface area contributed by atoms with Crippen LogP contribution in [-0.4, -0.2) is 4.98 Å². The maximum absolute atomic E-state index is 4.15. The number of hydrogen-bond donors (Lipinski definition) is 0. The van der Waals surface area contributed by atoms with Gasteiger partial charge in [-0.25, -0.2) is 4.98 Å². The van der Waals surface area contributed by atoms with Crippen LogP contribution in [0.15, 0.2) is 48.7 Å². The molecule has 0 saturated heterocycles. The van der Waals surface area contributed by atoms with E-state index in [0.717, 1.165) is 11.3 Å². The van der Waals surface area contributed by atoms with Gasteiger partial charge in [0.25, 0.3) is 0 Å². The lowest BCUT2D eigenvalue weighted by Crippen LogP contribution is -1.82. The van der Waals surface area contributed by atoms with Gasteiger partial charge < -0.3 is 0 Å². The van der Waals surface area contributed by atoms with Gasteiger partial charge in [-0.05, 0) is 36.6 Å². The number of hydrogen-bond acceptors (Lipinski definition) is 1. The fraction of sp³-hybridized carbons (Fsp3) is 0.0714. The minimum Gasteiger partial charge on any atom is -0.248 e. The molecule has 0 radical (unpaired) electrons. The summed E-state index contributed by atoms with van der Waals surface area (Å²) >= 11 is 0. The second-order valence-electron chi connectivity index (χ2n) is 3.28. The smallest absolute Gasteiger partial charge is 0.113 e. The van der Waals surface area contributed by atoms with Crippen molar-refractivity contribution in [2.45, 2.75) is 6.92 Å². The Morgan fingerprint density at radius 3 is 2.47 bits per heavy atom. The van der Waals surface area contributed by atoms with Crippen LogP contribution in [0.2, 0.25) is 0 Å². The van der Waals surface area contributed by atoms with Gasteiger partial charge in [-0.3, -0.25) is 0 Å². The molecule has 0 fully saturated rings. The molecule has 2 aromatic rings. The molecule has 0 N–H and O–H groups in total. The summed E-state index contributed by atoms with van der Waals surface area (Å²) in [4.78, 5) is 4.15. The molecule has 0 aliphatic heterocycles. The van der Waals surface area contributed by atoms with Crippen molar-refractivity contribution in [3.63, 3.8) is 0 Å². The van der Waals surface area contributed by atoms with E-state index in [0.29, 0.717) is 0 Å². The van der Waals surface area contributed by atoms with Crippen molar-refractivity contribution >= 4 is 0 Å². The van der Waals surface area contributed by atoms with Crippen LogP contribution in [0.3, 0.4) is 0 Å². The fourth-order valence-electron chi connectivity index (χ4n) is 1.28. The highest BCUT2D eigenvalue weighted by atomic mass is 14.6. The average Bonchev–Trinajstić information content (AvgIpc) is 2.29. The van der Waals surface area contributed by atoms with Crippen LogP contribution in [-0.2, 0) is 0 Å². The second kappa shape index (κ2) is 4.43. The summed E-state index contributed by atoms with van der Waals surface area (Å²) < 4.78 is 0. The van der Waals surface area contributed by atoms with Gasteiger partial charge in [0.05, 0.1) is 0 Å². The van der Waals surface area contributed by atoms with Gasteiger partial charge in [0.2, 0.25) is 0 Å². The first-order chi connectivity index (χ1) is 7.36. The summed E-state index contributed by atoms with van der Waals surface area (Å²) in [5.74, 6) is 6.16. The van der Waals surface area contributed by atoms with E-state index < -0.39 is 0 Å². The van der Waals surface area contributed by atoms with Crippen molar-refractivity contribution in [3.05, 3.63) is 65.5 Å². The quantitative estimate of drug-likeness (QED) is 0.586. The maximum atomic E-state index is 4.15. The molecule has 1 aromatic carbocycles. The van der Waals surface area contributed by atoms with Gasteiger partial charge in [0, 0.05) is 11.8 Å². The molecule has 0 atom stereocenters. The van der Waals surface area contributed by atoms with Crippen molar-refractivity contribution in [2.24, 2.45) is 0 Å². The minimum atomic E-state index is 0.806. The molecule has 0 unspecified atom stereocenters. The van der Waals surface area contributed by atoms with Crippen LogP contribution in [0, 0.1) is 18.8 Å². The first-order valence-corrected chi connectivity index (χ1v) is 4.85. The Balaban J connectivity index is 2.31. The summed E-state index contributed by atoms with van der Waals surface area (Å²) in [5.41, 5.74) is 3.06. The zero-order chi connectivity index (χ0) is 10.5. The molecule has 0 spiro atoms. The van der Waals surface area contributed by atoms with Crippen molar-refractivity contribution in [1.29, 1.82) is 0 Å². The fourth-order valence-corrected chi connectivity index (χ4v) is 1.28. The van der Waals surface area contributed by atoms with E-state index in [-0.39, 0.29) is 0 Å². The van der Waals surface area contributed by atoms with Gasteiger partial charge in [-0.15, -0.1) is 0 Å². The second-order valence-corrected chi connectivity index (χ2v) is 3.28. The van der Waals surface area contributed by atoms with Crippen LogP contribution < -0.4 is 0 Å². The third-order valence-corrected chi connectivity index (χ3v) is 2.14. The van der Waals surface area contributed by atoms with Crippen LogP contribution in [0.25, 0.3) is 0 Å². The molecule has 72 valence electrons. The number of nitrogens with zero attached hydrogens (tertiary/aromatic N) is 1. The number of pyridine rings is 1. The number of aryl methyl sites for hydroxylation is 1. The third-order valence-electron chi connectivity index (χ3n) is 2.14. The highest BCUT2D eigenvalue weighted by Crippen LogP contribution is 2.04. The molecule has 2 rings (SSSR count). The maximum Gasteiger partial charge on any atom is 0.113 e. The Kier molecular flexibility index (Phi) is 2.80. The third kappa shape index (κ3) is 2.45.